The summed E-state index contributed by atoms with van der Waals surface area (Å²) < 4.78 is 36.7. The van der Waals surface area contributed by atoms with Crippen LogP contribution in [-0.4, -0.2) is 51.4 Å². The zero-order valence-electron chi connectivity index (χ0n) is 16.0. The van der Waals surface area contributed by atoms with Crippen LogP contribution in [0.15, 0.2) is 53.4 Å². The molecule has 0 spiro atoms. The normalized spacial score (nSPS) is 14.4. The topological polar surface area (TPSA) is 102 Å². The highest BCUT2D eigenvalue weighted by Gasteiger charge is 2.27. The van der Waals surface area contributed by atoms with Gasteiger partial charge in [-0.15, -0.1) is 0 Å². The van der Waals surface area contributed by atoms with Crippen LogP contribution < -0.4 is 10.1 Å². The lowest BCUT2D eigenvalue weighted by molar-refractivity contribution is -0.118. The molecule has 0 atom stereocenters. The second kappa shape index (κ2) is 9.06. The molecule has 2 aromatic carbocycles. The van der Waals surface area contributed by atoms with E-state index in [1.54, 1.807) is 24.3 Å². The van der Waals surface area contributed by atoms with Crippen molar-refractivity contribution in [3.05, 3.63) is 54.1 Å². The zero-order valence-corrected chi connectivity index (χ0v) is 16.8. The van der Waals surface area contributed by atoms with E-state index < -0.39 is 21.9 Å². The predicted octanol–water partition coefficient (Wildman–Crippen LogP) is 2.28. The van der Waals surface area contributed by atoms with Gasteiger partial charge in [0.1, 0.15) is 5.75 Å². The fourth-order valence-electron chi connectivity index (χ4n) is 2.96. The average Bonchev–Trinajstić information content (AvgIpc) is 3.28. The lowest BCUT2D eigenvalue weighted by atomic mass is 10.2. The number of hydrogen-bond donors (Lipinski definition) is 1. The molecule has 3 rings (SSSR count). The van der Waals surface area contributed by atoms with Gasteiger partial charge in [0.25, 0.3) is 5.91 Å². The van der Waals surface area contributed by atoms with Gasteiger partial charge >= 0.3 is 5.97 Å². The van der Waals surface area contributed by atoms with Gasteiger partial charge in [0.05, 0.1) is 17.6 Å². The standard InChI is InChI=1S/C20H22N2O6S/c1-27-20(24)15-7-9-17(10-8-15)28-14-19(23)21-16-5-4-6-18(13-16)29(25,26)22-11-2-3-12-22/h4-10,13H,2-3,11-12,14H2,1H3,(H,21,23). The number of carbonyl (C=O) groups is 2. The van der Waals surface area contributed by atoms with Crippen LogP contribution in [0, 0.1) is 0 Å². The van der Waals surface area contributed by atoms with Crippen molar-refractivity contribution in [2.75, 3.05) is 32.1 Å². The molecule has 29 heavy (non-hydrogen) atoms. The molecule has 8 nitrogen and oxygen atoms in total. The van der Waals surface area contributed by atoms with Crippen molar-refractivity contribution < 1.29 is 27.5 Å². The van der Waals surface area contributed by atoms with E-state index in [1.807, 2.05) is 0 Å². The second-order valence-corrected chi connectivity index (χ2v) is 8.43. The molecule has 1 N–H and O–H groups in total. The van der Waals surface area contributed by atoms with Gasteiger partial charge in [0.2, 0.25) is 10.0 Å². The number of rotatable bonds is 7. The highest BCUT2D eigenvalue weighted by Crippen LogP contribution is 2.23. The summed E-state index contributed by atoms with van der Waals surface area (Å²) >= 11 is 0. The number of nitrogens with one attached hydrogen (secondary N) is 1. The molecule has 1 fully saturated rings. The van der Waals surface area contributed by atoms with Crippen LogP contribution in [0.25, 0.3) is 0 Å². The summed E-state index contributed by atoms with van der Waals surface area (Å²) in [4.78, 5) is 23.7. The van der Waals surface area contributed by atoms with Gasteiger partial charge in [-0.25, -0.2) is 13.2 Å². The average molecular weight is 418 g/mol. The molecule has 0 aromatic heterocycles. The number of methoxy groups -OCH3 is 1. The van der Waals surface area contributed by atoms with E-state index >= 15 is 0 Å². The van der Waals surface area contributed by atoms with Gasteiger partial charge in [-0.05, 0) is 55.3 Å². The monoisotopic (exact) mass is 418 g/mol. The number of amides is 1. The summed E-state index contributed by atoms with van der Waals surface area (Å²) in [5.41, 5.74) is 0.750. The maximum Gasteiger partial charge on any atom is 0.337 e. The molecule has 9 heteroatoms. The van der Waals surface area contributed by atoms with Gasteiger partial charge in [-0.2, -0.15) is 4.31 Å². The number of carbonyl (C=O) groups excluding carboxylic acids is 2. The Kier molecular flexibility index (Phi) is 6.50. The maximum atomic E-state index is 12.6. The van der Waals surface area contributed by atoms with Gasteiger partial charge in [0.15, 0.2) is 6.61 Å². The summed E-state index contributed by atoms with van der Waals surface area (Å²) in [6.45, 7) is 0.768. The van der Waals surface area contributed by atoms with Crippen LogP contribution in [-0.2, 0) is 19.6 Å². The van der Waals surface area contributed by atoms with Crippen LogP contribution in [0.3, 0.4) is 0 Å². The molecule has 0 saturated carbocycles. The second-order valence-electron chi connectivity index (χ2n) is 6.49. The Bertz CT molecular complexity index is 982. The number of anilines is 1. The third kappa shape index (κ3) is 5.12. The molecule has 1 amide bonds. The van der Waals surface area contributed by atoms with Crippen molar-refractivity contribution in [2.45, 2.75) is 17.7 Å². The zero-order chi connectivity index (χ0) is 20.9. The van der Waals surface area contributed by atoms with Crippen molar-refractivity contribution in [3.8, 4) is 5.75 Å². The third-order valence-corrected chi connectivity index (χ3v) is 6.36. The van der Waals surface area contributed by atoms with Crippen LogP contribution in [0.1, 0.15) is 23.2 Å². The first-order chi connectivity index (χ1) is 13.9. The number of nitrogens with zero attached hydrogens (tertiary/aromatic N) is 1. The molecule has 0 bridgehead atoms. The minimum Gasteiger partial charge on any atom is -0.484 e. The number of benzene rings is 2. The Balaban J connectivity index is 1.59. The molecular formula is C20H22N2O6S. The molecule has 0 unspecified atom stereocenters. The smallest absolute Gasteiger partial charge is 0.337 e. The Labute approximate surface area is 169 Å². The van der Waals surface area contributed by atoms with E-state index in [4.69, 9.17) is 4.74 Å². The highest BCUT2D eigenvalue weighted by atomic mass is 32.2. The molecule has 1 heterocycles. The van der Waals surface area contributed by atoms with Gasteiger partial charge in [-0.1, -0.05) is 6.07 Å². The van der Waals surface area contributed by atoms with E-state index in [9.17, 15) is 18.0 Å². The molecule has 1 aliphatic rings. The minimum absolute atomic E-state index is 0.150. The summed E-state index contributed by atoms with van der Waals surface area (Å²) in [7, 11) is -2.26. The Morgan fingerprint density at radius 3 is 2.41 bits per heavy atom. The first-order valence-corrected chi connectivity index (χ1v) is 10.6. The van der Waals surface area contributed by atoms with E-state index in [1.165, 1.54) is 35.7 Å². The molecular weight excluding hydrogens is 396 g/mol. The Morgan fingerprint density at radius 1 is 1.07 bits per heavy atom. The van der Waals surface area contributed by atoms with Crippen molar-refractivity contribution in [3.63, 3.8) is 0 Å². The lowest BCUT2D eigenvalue weighted by Gasteiger charge is -2.16. The minimum atomic E-state index is -3.55. The predicted molar refractivity (Wildman–Crippen MR) is 106 cm³/mol. The van der Waals surface area contributed by atoms with Crippen molar-refractivity contribution in [1.82, 2.24) is 4.31 Å². The molecule has 2 aromatic rings. The fourth-order valence-corrected chi connectivity index (χ4v) is 4.53. The highest BCUT2D eigenvalue weighted by molar-refractivity contribution is 7.89. The number of esters is 1. The number of hydrogen-bond acceptors (Lipinski definition) is 6. The van der Waals surface area contributed by atoms with Crippen LogP contribution >= 0.6 is 0 Å². The summed E-state index contributed by atoms with van der Waals surface area (Å²) in [6.07, 6.45) is 1.71. The summed E-state index contributed by atoms with van der Waals surface area (Å²) in [6, 6.07) is 12.3. The van der Waals surface area contributed by atoms with E-state index in [0.29, 0.717) is 30.1 Å². The molecule has 0 radical (unpaired) electrons. The third-order valence-electron chi connectivity index (χ3n) is 4.47. The summed E-state index contributed by atoms with van der Waals surface area (Å²) in [5, 5.41) is 2.63. The van der Waals surface area contributed by atoms with Crippen molar-refractivity contribution in [2.24, 2.45) is 0 Å². The van der Waals surface area contributed by atoms with Crippen LogP contribution in [0.5, 0.6) is 5.75 Å². The largest absolute Gasteiger partial charge is 0.484 e. The van der Waals surface area contributed by atoms with Crippen molar-refractivity contribution >= 4 is 27.6 Å². The maximum absolute atomic E-state index is 12.6. The van der Waals surface area contributed by atoms with E-state index in [2.05, 4.69) is 10.1 Å². The molecule has 154 valence electrons. The number of sulfonamides is 1. The van der Waals surface area contributed by atoms with Crippen LogP contribution in [0.4, 0.5) is 5.69 Å². The fraction of sp³-hybridized carbons (Fsp3) is 0.300. The lowest BCUT2D eigenvalue weighted by Crippen LogP contribution is -2.28. The van der Waals surface area contributed by atoms with Gasteiger partial charge in [0, 0.05) is 18.8 Å². The van der Waals surface area contributed by atoms with E-state index in [-0.39, 0.29) is 11.5 Å². The van der Waals surface area contributed by atoms with Gasteiger partial charge < -0.3 is 14.8 Å². The Hall–Kier alpha value is -2.91. The van der Waals surface area contributed by atoms with E-state index in [0.717, 1.165) is 12.8 Å². The Morgan fingerprint density at radius 2 is 1.76 bits per heavy atom. The SMILES string of the molecule is COC(=O)c1ccc(OCC(=O)Nc2cccc(S(=O)(=O)N3CCCC3)c2)cc1. The molecule has 1 aliphatic heterocycles. The summed E-state index contributed by atoms with van der Waals surface area (Å²) in [5.74, 6) is -0.478. The van der Waals surface area contributed by atoms with Crippen molar-refractivity contribution in [1.29, 1.82) is 0 Å². The van der Waals surface area contributed by atoms with Crippen LogP contribution in [0.2, 0.25) is 0 Å². The quantitative estimate of drug-likeness (QED) is 0.692. The molecule has 1 saturated heterocycles. The van der Waals surface area contributed by atoms with Gasteiger partial charge in [-0.3, -0.25) is 4.79 Å². The molecule has 0 aliphatic carbocycles. The number of ether oxygens (including phenoxy) is 2. The first-order valence-electron chi connectivity index (χ1n) is 9.11. The first kappa shape index (κ1) is 20.8.